The summed E-state index contributed by atoms with van der Waals surface area (Å²) in [5.74, 6) is -0.549. The van der Waals surface area contributed by atoms with Crippen molar-refractivity contribution in [3.63, 3.8) is 0 Å². The molecule has 2 aromatic carbocycles. The minimum atomic E-state index is -0.324. The van der Waals surface area contributed by atoms with Gasteiger partial charge in [0.1, 0.15) is 11.5 Å². The summed E-state index contributed by atoms with van der Waals surface area (Å²) in [7, 11) is 1.68. The Morgan fingerprint density at radius 1 is 1.12 bits per heavy atom. The molecule has 0 radical (unpaired) electrons. The van der Waals surface area contributed by atoms with Crippen molar-refractivity contribution in [2.45, 2.75) is 6.54 Å². The lowest BCUT2D eigenvalue weighted by Crippen LogP contribution is -2.26. The minimum Gasteiger partial charge on any atom is -0.336 e. The summed E-state index contributed by atoms with van der Waals surface area (Å²) in [6.45, 7) is 0.351. The van der Waals surface area contributed by atoms with Gasteiger partial charge < -0.3 is 4.90 Å². The quantitative estimate of drug-likeness (QED) is 0.709. The number of H-pyrrole nitrogens is 1. The summed E-state index contributed by atoms with van der Waals surface area (Å²) in [4.78, 5) is 14.1. The second kappa shape index (κ2) is 7.25. The highest BCUT2D eigenvalue weighted by molar-refractivity contribution is 6.34. The average molecular weight is 378 g/mol. The summed E-state index contributed by atoms with van der Waals surface area (Å²) >= 11 is 12.0. The number of hydrogen-bond acceptors (Lipinski definition) is 2. The monoisotopic (exact) mass is 377 g/mol. The highest BCUT2D eigenvalue weighted by atomic mass is 35.5. The van der Waals surface area contributed by atoms with Gasteiger partial charge in [0, 0.05) is 29.2 Å². The zero-order valence-corrected chi connectivity index (χ0v) is 14.8. The summed E-state index contributed by atoms with van der Waals surface area (Å²) < 4.78 is 13.0. The molecular formula is C18H14Cl2FN3O. The second-order valence-corrected chi connectivity index (χ2v) is 6.49. The van der Waals surface area contributed by atoms with Crippen molar-refractivity contribution in [2.75, 3.05) is 7.05 Å². The van der Waals surface area contributed by atoms with Gasteiger partial charge in [0.15, 0.2) is 0 Å². The zero-order valence-electron chi connectivity index (χ0n) is 13.3. The SMILES string of the molecule is CN(Cc1cc(Cl)cc(Cl)c1)C(=O)c1cc(-c2ccc(F)cc2)n[nH]1. The fraction of sp³-hybridized carbons (Fsp3) is 0.111. The Labute approximate surface area is 154 Å². The van der Waals surface area contributed by atoms with E-state index in [0.717, 1.165) is 11.1 Å². The predicted molar refractivity (Wildman–Crippen MR) is 96.2 cm³/mol. The van der Waals surface area contributed by atoms with E-state index in [-0.39, 0.29) is 11.7 Å². The van der Waals surface area contributed by atoms with E-state index in [4.69, 9.17) is 23.2 Å². The van der Waals surface area contributed by atoms with Crippen LogP contribution >= 0.6 is 23.2 Å². The molecule has 7 heteroatoms. The summed E-state index contributed by atoms with van der Waals surface area (Å²) in [5, 5.41) is 7.87. The molecule has 0 bridgehead atoms. The third-order valence-corrected chi connectivity index (χ3v) is 4.07. The molecular weight excluding hydrogens is 364 g/mol. The molecule has 0 unspecified atom stereocenters. The normalized spacial score (nSPS) is 10.7. The zero-order chi connectivity index (χ0) is 18.0. The number of benzene rings is 2. The van der Waals surface area contributed by atoms with Crippen LogP contribution in [0.25, 0.3) is 11.3 Å². The van der Waals surface area contributed by atoms with Gasteiger partial charge in [-0.15, -0.1) is 0 Å². The van der Waals surface area contributed by atoms with Gasteiger partial charge in [-0.25, -0.2) is 4.39 Å². The molecule has 3 rings (SSSR count). The van der Waals surface area contributed by atoms with Gasteiger partial charge >= 0.3 is 0 Å². The van der Waals surface area contributed by atoms with Crippen molar-refractivity contribution in [2.24, 2.45) is 0 Å². The lowest BCUT2D eigenvalue weighted by Gasteiger charge is -2.16. The standard InChI is InChI=1S/C18H14Cl2FN3O/c1-24(10-11-6-13(19)8-14(20)7-11)18(25)17-9-16(22-23-17)12-2-4-15(21)5-3-12/h2-9H,10H2,1H3,(H,22,23). The Kier molecular flexibility index (Phi) is 5.06. The summed E-state index contributed by atoms with van der Waals surface area (Å²) in [6.07, 6.45) is 0. The maximum absolute atomic E-state index is 13.0. The summed E-state index contributed by atoms with van der Waals surface area (Å²) in [6, 6.07) is 12.7. The van der Waals surface area contributed by atoms with Crippen molar-refractivity contribution in [1.82, 2.24) is 15.1 Å². The first kappa shape index (κ1) is 17.5. The van der Waals surface area contributed by atoms with Gasteiger partial charge in [0.2, 0.25) is 0 Å². The number of amides is 1. The van der Waals surface area contributed by atoms with Gasteiger partial charge in [-0.1, -0.05) is 23.2 Å². The smallest absolute Gasteiger partial charge is 0.271 e. The molecule has 1 N–H and O–H groups in total. The molecule has 0 aliphatic heterocycles. The topological polar surface area (TPSA) is 49.0 Å². The molecule has 0 spiro atoms. The van der Waals surface area contributed by atoms with Crippen LogP contribution in [0.1, 0.15) is 16.1 Å². The van der Waals surface area contributed by atoms with Crippen molar-refractivity contribution < 1.29 is 9.18 Å². The van der Waals surface area contributed by atoms with Crippen LogP contribution in [0.5, 0.6) is 0 Å². The van der Waals surface area contributed by atoms with Crippen LogP contribution in [0.4, 0.5) is 4.39 Å². The number of halogens is 3. The third-order valence-electron chi connectivity index (χ3n) is 3.64. The van der Waals surface area contributed by atoms with Crippen LogP contribution in [-0.4, -0.2) is 28.1 Å². The first-order valence-corrected chi connectivity index (χ1v) is 8.20. The molecule has 0 saturated heterocycles. The first-order valence-electron chi connectivity index (χ1n) is 7.44. The highest BCUT2D eigenvalue weighted by Gasteiger charge is 2.16. The molecule has 0 aliphatic rings. The number of aromatic amines is 1. The molecule has 1 heterocycles. The number of nitrogens with zero attached hydrogens (tertiary/aromatic N) is 2. The largest absolute Gasteiger partial charge is 0.336 e. The van der Waals surface area contributed by atoms with Crippen LogP contribution in [-0.2, 0) is 6.54 Å². The molecule has 4 nitrogen and oxygen atoms in total. The van der Waals surface area contributed by atoms with Crippen molar-refractivity contribution in [3.8, 4) is 11.3 Å². The fourth-order valence-corrected chi connectivity index (χ4v) is 3.02. The third kappa shape index (κ3) is 4.18. The minimum absolute atomic E-state index is 0.225. The van der Waals surface area contributed by atoms with Gasteiger partial charge in [-0.05, 0) is 54.1 Å². The number of aromatic nitrogens is 2. The molecule has 0 aliphatic carbocycles. The van der Waals surface area contributed by atoms with E-state index in [9.17, 15) is 9.18 Å². The van der Waals surface area contributed by atoms with E-state index in [2.05, 4.69) is 10.2 Å². The molecule has 1 amide bonds. The van der Waals surface area contributed by atoms with Crippen LogP contribution in [0.3, 0.4) is 0 Å². The van der Waals surface area contributed by atoms with Gasteiger partial charge in [0.25, 0.3) is 5.91 Å². The van der Waals surface area contributed by atoms with Crippen molar-refractivity contribution in [3.05, 3.63) is 75.7 Å². The Hall–Kier alpha value is -2.37. The Bertz CT molecular complexity index is 889. The van der Waals surface area contributed by atoms with E-state index < -0.39 is 0 Å². The van der Waals surface area contributed by atoms with Crippen LogP contribution in [0, 0.1) is 5.82 Å². The second-order valence-electron chi connectivity index (χ2n) is 5.61. The maximum atomic E-state index is 13.0. The molecule has 1 aromatic heterocycles. The van der Waals surface area contributed by atoms with E-state index in [0.29, 0.717) is 28.0 Å². The van der Waals surface area contributed by atoms with Gasteiger partial charge in [-0.2, -0.15) is 5.10 Å². The number of carbonyl (C=O) groups is 1. The predicted octanol–water partition coefficient (Wildman–Crippen LogP) is 4.79. The number of nitrogens with one attached hydrogen (secondary N) is 1. The highest BCUT2D eigenvalue weighted by Crippen LogP contribution is 2.21. The van der Waals surface area contributed by atoms with Crippen LogP contribution in [0.15, 0.2) is 48.5 Å². The van der Waals surface area contributed by atoms with Crippen LogP contribution < -0.4 is 0 Å². The number of carbonyl (C=O) groups excluding carboxylic acids is 1. The average Bonchev–Trinajstić information content (AvgIpc) is 3.03. The first-order chi connectivity index (χ1) is 11.9. The summed E-state index contributed by atoms with van der Waals surface area (Å²) in [5.41, 5.74) is 2.46. The van der Waals surface area contributed by atoms with E-state index in [1.165, 1.54) is 17.0 Å². The van der Waals surface area contributed by atoms with Gasteiger partial charge in [0.05, 0.1) is 5.69 Å². The number of hydrogen-bond donors (Lipinski definition) is 1. The maximum Gasteiger partial charge on any atom is 0.271 e. The number of rotatable bonds is 4. The lowest BCUT2D eigenvalue weighted by atomic mass is 10.1. The molecule has 0 saturated carbocycles. The van der Waals surface area contributed by atoms with Crippen LogP contribution in [0.2, 0.25) is 10.0 Å². The van der Waals surface area contributed by atoms with Gasteiger partial charge in [-0.3, -0.25) is 9.89 Å². The van der Waals surface area contributed by atoms with E-state index in [1.54, 1.807) is 43.4 Å². The van der Waals surface area contributed by atoms with Crippen molar-refractivity contribution >= 4 is 29.1 Å². The lowest BCUT2D eigenvalue weighted by molar-refractivity contribution is 0.0779. The molecule has 25 heavy (non-hydrogen) atoms. The fourth-order valence-electron chi connectivity index (χ4n) is 2.45. The molecule has 0 atom stereocenters. The molecule has 128 valence electrons. The Morgan fingerprint density at radius 2 is 1.76 bits per heavy atom. The Balaban J connectivity index is 1.75. The van der Waals surface area contributed by atoms with E-state index in [1.807, 2.05) is 0 Å². The molecule has 0 fully saturated rings. The van der Waals surface area contributed by atoms with E-state index >= 15 is 0 Å². The molecule has 3 aromatic rings. The Morgan fingerprint density at radius 3 is 2.40 bits per heavy atom. The van der Waals surface area contributed by atoms with Crippen molar-refractivity contribution in [1.29, 1.82) is 0 Å².